The lowest BCUT2D eigenvalue weighted by molar-refractivity contribution is -0.299. The van der Waals surface area contributed by atoms with Gasteiger partial charge in [-0.05, 0) is 23.4 Å². The monoisotopic (exact) mass is 142 g/mol. The molecule has 9 heavy (non-hydrogen) atoms. The van der Waals surface area contributed by atoms with Crippen LogP contribution >= 0.6 is 11.9 Å². The van der Waals surface area contributed by atoms with E-state index in [1.54, 1.807) is 11.5 Å². The van der Waals surface area contributed by atoms with E-state index in [0.717, 1.165) is 0 Å². The molecule has 0 bridgehead atoms. The number of carbonyl (C=O) groups is 1. The van der Waals surface area contributed by atoms with Crippen LogP contribution in [0.15, 0.2) is 23.3 Å². The predicted molar refractivity (Wildman–Crippen MR) is 33.0 cm³/mol. The highest BCUT2D eigenvalue weighted by atomic mass is 32.2. The van der Waals surface area contributed by atoms with Crippen molar-refractivity contribution in [3.63, 3.8) is 0 Å². The maximum absolute atomic E-state index is 10.1. The van der Waals surface area contributed by atoms with E-state index in [2.05, 4.69) is 4.72 Å². The summed E-state index contributed by atoms with van der Waals surface area (Å²) in [5.74, 6) is -1.17. The Bertz CT molecular complexity index is 185. The third-order valence-corrected chi connectivity index (χ3v) is 1.43. The Morgan fingerprint density at radius 3 is 2.89 bits per heavy atom. The molecule has 0 saturated heterocycles. The van der Waals surface area contributed by atoms with E-state index < -0.39 is 5.97 Å². The van der Waals surface area contributed by atoms with Gasteiger partial charge >= 0.3 is 0 Å². The summed E-state index contributed by atoms with van der Waals surface area (Å²) in [7, 11) is 0. The summed E-state index contributed by atoms with van der Waals surface area (Å²) in [5, 5.41) is 11.8. The zero-order valence-electron chi connectivity index (χ0n) is 4.46. The van der Waals surface area contributed by atoms with Crippen LogP contribution < -0.4 is 9.83 Å². The Morgan fingerprint density at radius 1 is 1.78 bits per heavy atom. The summed E-state index contributed by atoms with van der Waals surface area (Å²) in [6, 6.07) is 0. The molecule has 1 aliphatic heterocycles. The number of carbonyl (C=O) groups excluding carboxylic acids is 1. The minimum Gasteiger partial charge on any atom is -0.543 e. The van der Waals surface area contributed by atoms with E-state index in [-0.39, 0.29) is 5.70 Å². The van der Waals surface area contributed by atoms with Crippen molar-refractivity contribution in [2.75, 3.05) is 0 Å². The van der Waals surface area contributed by atoms with E-state index in [9.17, 15) is 9.90 Å². The quantitative estimate of drug-likeness (QED) is 0.496. The Morgan fingerprint density at radius 2 is 2.56 bits per heavy atom. The number of allylic oxidation sites excluding steroid dienone is 2. The number of hydrogen-bond acceptors (Lipinski definition) is 4. The van der Waals surface area contributed by atoms with Gasteiger partial charge in [0, 0.05) is 0 Å². The molecule has 1 heterocycles. The first-order valence-corrected chi connectivity index (χ1v) is 3.18. The normalized spacial score (nSPS) is 16.2. The highest BCUT2D eigenvalue weighted by Gasteiger charge is 1.96. The topological polar surface area (TPSA) is 52.2 Å². The van der Waals surface area contributed by atoms with E-state index >= 15 is 0 Å². The van der Waals surface area contributed by atoms with Crippen molar-refractivity contribution in [3.8, 4) is 0 Å². The molecule has 0 amide bonds. The molecular weight excluding hydrogens is 138 g/mol. The molecule has 0 aromatic heterocycles. The van der Waals surface area contributed by atoms with Crippen molar-refractivity contribution in [3.05, 3.63) is 23.3 Å². The van der Waals surface area contributed by atoms with Crippen molar-refractivity contribution in [1.29, 1.82) is 0 Å². The largest absolute Gasteiger partial charge is 0.543 e. The van der Waals surface area contributed by atoms with Crippen LogP contribution in [-0.4, -0.2) is 5.97 Å². The van der Waals surface area contributed by atoms with Crippen LogP contribution in [0.25, 0.3) is 0 Å². The van der Waals surface area contributed by atoms with Gasteiger partial charge in [-0.2, -0.15) is 0 Å². The molecule has 1 N–H and O–H groups in total. The van der Waals surface area contributed by atoms with Crippen LogP contribution in [0.4, 0.5) is 0 Å². The molecule has 0 radical (unpaired) electrons. The standard InChI is InChI=1S/C5H5NO2S/c7-5(8)4-2-1-3-9-6-4/h1-3,6H,(H,7,8)/p-1. The van der Waals surface area contributed by atoms with Gasteiger partial charge in [0.1, 0.15) is 0 Å². The van der Waals surface area contributed by atoms with Crippen molar-refractivity contribution < 1.29 is 9.90 Å². The molecule has 0 saturated carbocycles. The molecule has 0 atom stereocenters. The predicted octanol–water partition coefficient (Wildman–Crippen LogP) is -0.615. The third kappa shape index (κ3) is 1.50. The van der Waals surface area contributed by atoms with Crippen molar-refractivity contribution in [1.82, 2.24) is 4.72 Å². The molecular formula is C5H4NO2S-. The van der Waals surface area contributed by atoms with Crippen LogP contribution in [0.3, 0.4) is 0 Å². The summed E-state index contributed by atoms with van der Waals surface area (Å²) in [6.45, 7) is 0. The van der Waals surface area contributed by atoms with Gasteiger partial charge in [-0.3, -0.25) is 0 Å². The van der Waals surface area contributed by atoms with Crippen molar-refractivity contribution in [2.24, 2.45) is 0 Å². The Balaban J connectivity index is 2.68. The molecule has 0 aromatic rings. The van der Waals surface area contributed by atoms with Gasteiger partial charge in [-0.15, -0.1) is 0 Å². The molecule has 0 unspecified atom stereocenters. The Hall–Kier alpha value is -0.900. The molecule has 4 heteroatoms. The van der Waals surface area contributed by atoms with Crippen LogP contribution in [-0.2, 0) is 4.79 Å². The number of rotatable bonds is 1. The van der Waals surface area contributed by atoms with Crippen LogP contribution in [0.1, 0.15) is 0 Å². The average molecular weight is 142 g/mol. The average Bonchev–Trinajstić information content (AvgIpc) is 1.90. The number of carboxylic acids is 1. The lowest BCUT2D eigenvalue weighted by Gasteiger charge is -2.10. The first-order chi connectivity index (χ1) is 4.30. The first kappa shape index (κ1) is 6.22. The van der Waals surface area contributed by atoms with Crippen LogP contribution in [0, 0.1) is 0 Å². The van der Waals surface area contributed by atoms with Crippen molar-refractivity contribution in [2.45, 2.75) is 0 Å². The summed E-state index contributed by atoms with van der Waals surface area (Å²) >= 11 is 1.21. The molecule has 0 spiro atoms. The van der Waals surface area contributed by atoms with Gasteiger partial charge in [0.05, 0.1) is 11.7 Å². The van der Waals surface area contributed by atoms with Gasteiger partial charge < -0.3 is 14.6 Å². The molecule has 1 aliphatic rings. The fourth-order valence-corrected chi connectivity index (χ4v) is 0.920. The molecule has 3 nitrogen and oxygen atoms in total. The summed E-state index contributed by atoms with van der Waals surface area (Å²) < 4.78 is 2.55. The highest BCUT2D eigenvalue weighted by molar-refractivity contribution is 8.00. The number of hydrogen-bond donors (Lipinski definition) is 1. The minimum atomic E-state index is -1.17. The van der Waals surface area contributed by atoms with Crippen molar-refractivity contribution >= 4 is 17.9 Å². The highest BCUT2D eigenvalue weighted by Crippen LogP contribution is 2.06. The number of nitrogens with one attached hydrogen (secondary N) is 1. The van der Waals surface area contributed by atoms with Gasteiger partial charge in [0.25, 0.3) is 0 Å². The van der Waals surface area contributed by atoms with E-state index in [1.807, 2.05) is 0 Å². The lowest BCUT2D eigenvalue weighted by Crippen LogP contribution is -2.30. The maximum Gasteiger partial charge on any atom is 0.0883 e. The van der Waals surface area contributed by atoms with E-state index in [1.165, 1.54) is 18.0 Å². The smallest absolute Gasteiger partial charge is 0.0883 e. The van der Waals surface area contributed by atoms with Crippen LogP contribution in [0.5, 0.6) is 0 Å². The SMILES string of the molecule is O=C([O-])C1=CC=CSN1. The molecule has 48 valence electrons. The maximum atomic E-state index is 10.1. The number of carboxylic acid groups (broad SMARTS) is 1. The van der Waals surface area contributed by atoms with E-state index in [0.29, 0.717) is 0 Å². The molecule has 0 aromatic carbocycles. The van der Waals surface area contributed by atoms with Gasteiger partial charge in [0.15, 0.2) is 0 Å². The fourth-order valence-electron chi connectivity index (χ4n) is 0.416. The zero-order chi connectivity index (χ0) is 6.69. The minimum absolute atomic E-state index is 0.113. The zero-order valence-corrected chi connectivity index (χ0v) is 5.27. The van der Waals surface area contributed by atoms with E-state index in [4.69, 9.17) is 0 Å². The summed E-state index contributed by atoms with van der Waals surface area (Å²) in [5.41, 5.74) is 0.113. The summed E-state index contributed by atoms with van der Waals surface area (Å²) in [4.78, 5) is 10.1. The second-order valence-corrected chi connectivity index (χ2v) is 2.13. The number of aliphatic carboxylic acids is 1. The fraction of sp³-hybridized carbons (Fsp3) is 0. The van der Waals surface area contributed by atoms with Gasteiger partial charge in [-0.1, -0.05) is 6.08 Å². The molecule has 0 fully saturated rings. The second-order valence-electron chi connectivity index (χ2n) is 1.42. The van der Waals surface area contributed by atoms with Crippen LogP contribution in [0.2, 0.25) is 0 Å². The second kappa shape index (κ2) is 2.59. The first-order valence-electron chi connectivity index (χ1n) is 2.30. The lowest BCUT2D eigenvalue weighted by atomic mass is 10.4. The Labute approximate surface area is 56.6 Å². The summed E-state index contributed by atoms with van der Waals surface area (Å²) in [6.07, 6.45) is 3.10. The van der Waals surface area contributed by atoms with Gasteiger partial charge in [0.2, 0.25) is 0 Å². The molecule has 1 rings (SSSR count). The Kier molecular flexibility index (Phi) is 1.79. The molecule has 0 aliphatic carbocycles. The third-order valence-electron chi connectivity index (χ3n) is 0.798. The van der Waals surface area contributed by atoms with Gasteiger partial charge in [-0.25, -0.2) is 0 Å².